The van der Waals surface area contributed by atoms with Crippen LogP contribution in [0.3, 0.4) is 0 Å². The number of nitrogens with one attached hydrogen (secondary N) is 2. The summed E-state index contributed by atoms with van der Waals surface area (Å²) in [6.07, 6.45) is 2.54. The summed E-state index contributed by atoms with van der Waals surface area (Å²) in [4.78, 5) is 31.6. The Bertz CT molecular complexity index is 869. The molecule has 3 rings (SSSR count). The number of hydrogen-bond acceptors (Lipinski definition) is 5. The fourth-order valence-electron chi connectivity index (χ4n) is 2.68. The lowest BCUT2D eigenvalue weighted by Crippen LogP contribution is -2.23. The van der Waals surface area contributed by atoms with Gasteiger partial charge in [0.1, 0.15) is 5.75 Å². The highest BCUT2D eigenvalue weighted by Crippen LogP contribution is 2.28. The lowest BCUT2D eigenvalue weighted by Gasteiger charge is -2.13. The summed E-state index contributed by atoms with van der Waals surface area (Å²) in [6.45, 7) is 1.76. The maximum atomic E-state index is 12.4. The average molecular weight is 380 g/mol. The lowest BCUT2D eigenvalue weighted by molar-refractivity contribution is -0.115. The molecular weight excluding hydrogens is 362 g/mol. The lowest BCUT2D eigenvalue weighted by atomic mass is 10.3. The summed E-state index contributed by atoms with van der Waals surface area (Å²) in [6, 6.07) is 5.04. The minimum absolute atomic E-state index is 0.0976. The Morgan fingerprint density at radius 2 is 2.24 bits per heavy atom. The second-order valence-corrected chi connectivity index (χ2v) is 7.49. The Balaban J connectivity index is 1.68. The number of rotatable bonds is 5. The summed E-state index contributed by atoms with van der Waals surface area (Å²) in [5.74, 6) is 0.344. The standard InChI is InChI=1S/C17H18ClN3O3S/c1-9(15(22)19-10-6-7-14(24-2)12(18)8-10)25-17-20-13-5-3-4-11(13)16(23)21-17/h6-9H,3-5H2,1-2H3,(H,19,22)(H,20,21,23)/t9-/m0/s1. The number of fused-ring (bicyclic) bond motifs is 1. The normalized spacial score (nSPS) is 14.0. The van der Waals surface area contributed by atoms with Gasteiger partial charge >= 0.3 is 0 Å². The van der Waals surface area contributed by atoms with Crippen molar-refractivity contribution in [2.45, 2.75) is 36.6 Å². The first-order valence-electron chi connectivity index (χ1n) is 7.91. The monoisotopic (exact) mass is 379 g/mol. The van der Waals surface area contributed by atoms with Crippen LogP contribution in [0, 0.1) is 0 Å². The quantitative estimate of drug-likeness (QED) is 0.616. The van der Waals surface area contributed by atoms with Gasteiger partial charge in [-0.05, 0) is 44.4 Å². The molecule has 0 saturated heterocycles. The van der Waals surface area contributed by atoms with Crippen LogP contribution in [-0.4, -0.2) is 28.2 Å². The maximum absolute atomic E-state index is 12.4. The fraction of sp³-hybridized carbons (Fsp3) is 0.353. The number of carbonyl (C=O) groups is 1. The van der Waals surface area contributed by atoms with E-state index >= 15 is 0 Å². The number of aromatic amines is 1. The van der Waals surface area contributed by atoms with Crippen LogP contribution in [-0.2, 0) is 17.6 Å². The minimum atomic E-state index is -0.427. The fourth-order valence-corrected chi connectivity index (χ4v) is 3.76. The molecule has 0 radical (unpaired) electrons. The molecule has 0 aliphatic heterocycles. The molecule has 1 heterocycles. The van der Waals surface area contributed by atoms with E-state index in [2.05, 4.69) is 15.3 Å². The molecular formula is C17H18ClN3O3S. The maximum Gasteiger partial charge on any atom is 0.254 e. The third-order valence-corrected chi connectivity index (χ3v) is 5.28. The molecule has 1 aliphatic rings. The van der Waals surface area contributed by atoms with Gasteiger partial charge in [0.25, 0.3) is 5.56 Å². The van der Waals surface area contributed by atoms with Gasteiger partial charge in [-0.15, -0.1) is 0 Å². The van der Waals surface area contributed by atoms with Crippen molar-refractivity contribution in [3.05, 3.63) is 44.8 Å². The molecule has 6 nitrogen and oxygen atoms in total. The number of hydrogen-bond donors (Lipinski definition) is 2. The summed E-state index contributed by atoms with van der Waals surface area (Å²) in [5.41, 5.74) is 2.10. The Morgan fingerprint density at radius 3 is 2.96 bits per heavy atom. The number of aromatic nitrogens is 2. The Morgan fingerprint density at radius 1 is 1.44 bits per heavy atom. The zero-order valence-electron chi connectivity index (χ0n) is 13.9. The molecule has 0 spiro atoms. The highest BCUT2D eigenvalue weighted by molar-refractivity contribution is 8.00. The number of halogens is 1. The molecule has 1 atom stereocenters. The van der Waals surface area contributed by atoms with Crippen molar-refractivity contribution in [3.63, 3.8) is 0 Å². The summed E-state index contributed by atoms with van der Waals surface area (Å²) < 4.78 is 5.09. The highest BCUT2D eigenvalue weighted by atomic mass is 35.5. The van der Waals surface area contributed by atoms with E-state index in [0.717, 1.165) is 30.5 Å². The number of carbonyl (C=O) groups excluding carboxylic acids is 1. The van der Waals surface area contributed by atoms with Gasteiger partial charge in [0.15, 0.2) is 5.16 Å². The zero-order valence-corrected chi connectivity index (χ0v) is 15.5. The minimum Gasteiger partial charge on any atom is -0.495 e. The molecule has 0 bridgehead atoms. The molecule has 132 valence electrons. The molecule has 0 saturated carbocycles. The Kier molecular flexibility index (Phi) is 5.34. The van der Waals surface area contributed by atoms with Gasteiger partial charge in [-0.25, -0.2) is 4.98 Å². The molecule has 2 N–H and O–H groups in total. The van der Waals surface area contributed by atoms with Gasteiger partial charge in [0, 0.05) is 11.3 Å². The SMILES string of the molecule is COc1ccc(NC(=O)[C@H](C)Sc2nc3c(c(=O)[nH]2)CCC3)cc1Cl. The number of ether oxygens (including phenoxy) is 1. The number of thioether (sulfide) groups is 1. The van der Waals surface area contributed by atoms with Crippen molar-refractivity contribution in [2.24, 2.45) is 0 Å². The second-order valence-electron chi connectivity index (χ2n) is 5.75. The van der Waals surface area contributed by atoms with E-state index in [9.17, 15) is 9.59 Å². The van der Waals surface area contributed by atoms with Crippen LogP contribution >= 0.6 is 23.4 Å². The van der Waals surface area contributed by atoms with Crippen molar-refractivity contribution in [3.8, 4) is 5.75 Å². The van der Waals surface area contributed by atoms with Crippen molar-refractivity contribution in [1.29, 1.82) is 0 Å². The molecule has 1 aromatic heterocycles. The van der Waals surface area contributed by atoms with E-state index in [-0.39, 0.29) is 11.5 Å². The van der Waals surface area contributed by atoms with Crippen LogP contribution in [0.15, 0.2) is 28.2 Å². The number of benzene rings is 1. The number of aryl methyl sites for hydroxylation is 1. The number of anilines is 1. The topological polar surface area (TPSA) is 84.1 Å². The zero-order chi connectivity index (χ0) is 18.0. The van der Waals surface area contributed by atoms with E-state index in [1.807, 2.05) is 0 Å². The van der Waals surface area contributed by atoms with Gasteiger partial charge in [0.05, 0.1) is 23.1 Å². The third kappa shape index (κ3) is 3.99. The van der Waals surface area contributed by atoms with E-state index in [4.69, 9.17) is 16.3 Å². The van der Waals surface area contributed by atoms with E-state index in [0.29, 0.717) is 21.6 Å². The molecule has 2 aromatic rings. The average Bonchev–Trinajstić information content (AvgIpc) is 3.04. The summed E-state index contributed by atoms with van der Waals surface area (Å²) >= 11 is 7.29. The number of H-pyrrole nitrogens is 1. The molecule has 25 heavy (non-hydrogen) atoms. The first-order valence-corrected chi connectivity index (χ1v) is 9.17. The predicted molar refractivity (Wildman–Crippen MR) is 98.8 cm³/mol. The van der Waals surface area contributed by atoms with Crippen molar-refractivity contribution >= 4 is 35.0 Å². The summed E-state index contributed by atoms with van der Waals surface area (Å²) in [5, 5.41) is 3.27. The van der Waals surface area contributed by atoms with Crippen molar-refractivity contribution < 1.29 is 9.53 Å². The Hall–Kier alpha value is -1.99. The third-order valence-electron chi connectivity index (χ3n) is 4.00. The number of nitrogens with zero attached hydrogens (tertiary/aromatic N) is 1. The van der Waals surface area contributed by atoms with Crippen LogP contribution in [0.5, 0.6) is 5.75 Å². The van der Waals surface area contributed by atoms with E-state index < -0.39 is 5.25 Å². The van der Waals surface area contributed by atoms with E-state index in [1.54, 1.807) is 25.1 Å². The largest absolute Gasteiger partial charge is 0.495 e. The van der Waals surface area contributed by atoms with Crippen LogP contribution < -0.4 is 15.6 Å². The van der Waals surface area contributed by atoms with Gasteiger partial charge in [-0.2, -0.15) is 0 Å². The first kappa shape index (κ1) is 17.8. The van der Waals surface area contributed by atoms with Crippen LogP contribution in [0.25, 0.3) is 0 Å². The van der Waals surface area contributed by atoms with Crippen molar-refractivity contribution in [2.75, 3.05) is 12.4 Å². The van der Waals surface area contributed by atoms with E-state index in [1.165, 1.54) is 18.9 Å². The van der Waals surface area contributed by atoms with Gasteiger partial charge in [0.2, 0.25) is 5.91 Å². The van der Waals surface area contributed by atoms with Gasteiger partial charge < -0.3 is 15.0 Å². The number of methoxy groups -OCH3 is 1. The molecule has 8 heteroatoms. The van der Waals surface area contributed by atoms with Gasteiger partial charge in [-0.3, -0.25) is 9.59 Å². The first-order chi connectivity index (χ1) is 12.0. The number of amides is 1. The van der Waals surface area contributed by atoms with Gasteiger partial charge in [-0.1, -0.05) is 23.4 Å². The molecule has 0 fully saturated rings. The molecule has 0 unspecified atom stereocenters. The molecule has 1 aromatic carbocycles. The van der Waals surface area contributed by atoms with Crippen LogP contribution in [0.1, 0.15) is 24.6 Å². The Labute approximate surface area is 154 Å². The van der Waals surface area contributed by atoms with Crippen LogP contribution in [0.2, 0.25) is 5.02 Å². The highest BCUT2D eigenvalue weighted by Gasteiger charge is 2.20. The molecule has 1 amide bonds. The van der Waals surface area contributed by atoms with Crippen molar-refractivity contribution in [1.82, 2.24) is 9.97 Å². The predicted octanol–water partition coefficient (Wildman–Crippen LogP) is 3.04. The summed E-state index contributed by atoms with van der Waals surface area (Å²) in [7, 11) is 1.53. The second kappa shape index (κ2) is 7.49. The smallest absolute Gasteiger partial charge is 0.254 e. The van der Waals surface area contributed by atoms with Crippen LogP contribution in [0.4, 0.5) is 5.69 Å². The molecule has 1 aliphatic carbocycles.